The third-order valence-electron chi connectivity index (χ3n) is 6.30. The van der Waals surface area contributed by atoms with Gasteiger partial charge >= 0.3 is 6.03 Å². The monoisotopic (exact) mass is 422 g/mol. The van der Waals surface area contributed by atoms with Crippen molar-refractivity contribution in [3.8, 4) is 0 Å². The highest BCUT2D eigenvalue weighted by Crippen LogP contribution is 2.36. The van der Waals surface area contributed by atoms with Crippen LogP contribution in [-0.2, 0) is 0 Å². The second-order valence-electron chi connectivity index (χ2n) is 8.80. The van der Waals surface area contributed by atoms with E-state index in [2.05, 4.69) is 22.2 Å². The average molecular weight is 423 g/mol. The molecule has 2 fully saturated rings. The smallest absolute Gasteiger partial charge is 0.321 e. The third-order valence-corrected chi connectivity index (χ3v) is 6.30. The number of anilines is 2. The summed E-state index contributed by atoms with van der Waals surface area (Å²) >= 11 is 0. The number of benzene rings is 1. The Kier molecular flexibility index (Phi) is 5.00. The van der Waals surface area contributed by atoms with Gasteiger partial charge in [0.15, 0.2) is 5.65 Å². The molecule has 3 aromatic rings. The van der Waals surface area contributed by atoms with Gasteiger partial charge in [-0.2, -0.15) is 5.10 Å². The summed E-state index contributed by atoms with van der Waals surface area (Å²) < 4.78 is 15.7. The summed E-state index contributed by atoms with van der Waals surface area (Å²) in [6.45, 7) is 6.46. The van der Waals surface area contributed by atoms with Crippen molar-refractivity contribution in [3.05, 3.63) is 53.6 Å². The van der Waals surface area contributed by atoms with Gasteiger partial charge in [0.25, 0.3) is 0 Å². The summed E-state index contributed by atoms with van der Waals surface area (Å²) in [4.78, 5) is 21.5. The molecule has 4 heterocycles. The first-order valence-electron chi connectivity index (χ1n) is 10.9. The molecule has 2 aliphatic rings. The number of likely N-dealkylation sites (tertiary alicyclic amines) is 1. The maximum atomic E-state index is 14.0. The Hall–Kier alpha value is -3.16. The van der Waals surface area contributed by atoms with E-state index in [1.807, 2.05) is 30.2 Å². The normalized spacial score (nSPS) is 21.3. The maximum absolute atomic E-state index is 14.0. The van der Waals surface area contributed by atoms with Gasteiger partial charge < -0.3 is 15.1 Å². The predicted octanol–water partition coefficient (Wildman–Crippen LogP) is 4.39. The summed E-state index contributed by atoms with van der Waals surface area (Å²) in [5, 5.41) is 7.31. The topological polar surface area (TPSA) is 65.8 Å². The molecule has 2 aromatic heterocycles. The van der Waals surface area contributed by atoms with E-state index in [0.29, 0.717) is 17.3 Å². The second kappa shape index (κ2) is 7.83. The maximum Gasteiger partial charge on any atom is 0.321 e. The zero-order chi connectivity index (χ0) is 21.5. The molecule has 1 aromatic carbocycles. The lowest BCUT2D eigenvalue weighted by Gasteiger charge is -2.26. The number of rotatable bonds is 3. The van der Waals surface area contributed by atoms with Crippen LogP contribution in [0, 0.1) is 18.7 Å². The van der Waals surface area contributed by atoms with E-state index in [4.69, 9.17) is 4.98 Å². The molecule has 2 amide bonds. The number of nitrogens with zero attached hydrogens (tertiary/aromatic N) is 5. The van der Waals surface area contributed by atoms with Gasteiger partial charge in [0, 0.05) is 25.8 Å². The number of nitrogens with one attached hydrogen (secondary N) is 1. The van der Waals surface area contributed by atoms with Crippen LogP contribution in [0.4, 0.5) is 20.7 Å². The molecule has 2 saturated heterocycles. The number of fused-ring (bicyclic) bond motifs is 1. The third kappa shape index (κ3) is 3.82. The lowest BCUT2D eigenvalue weighted by molar-refractivity contribution is 0.221. The van der Waals surface area contributed by atoms with Gasteiger partial charge in [0.1, 0.15) is 17.3 Å². The molecule has 0 aliphatic carbocycles. The molecule has 2 atom stereocenters. The number of urea groups is 1. The van der Waals surface area contributed by atoms with Crippen molar-refractivity contribution in [1.29, 1.82) is 0 Å². The van der Waals surface area contributed by atoms with Gasteiger partial charge in [-0.15, -0.1) is 0 Å². The zero-order valence-electron chi connectivity index (χ0n) is 17.9. The quantitative estimate of drug-likeness (QED) is 0.680. The van der Waals surface area contributed by atoms with Crippen molar-refractivity contribution >= 4 is 23.2 Å². The van der Waals surface area contributed by atoms with Gasteiger partial charge in [-0.3, -0.25) is 0 Å². The number of hydrogen-bond acceptors (Lipinski definition) is 4. The Morgan fingerprint density at radius 2 is 2.10 bits per heavy atom. The molecule has 2 aliphatic heterocycles. The first-order chi connectivity index (χ1) is 15.0. The van der Waals surface area contributed by atoms with E-state index in [0.717, 1.165) is 55.8 Å². The summed E-state index contributed by atoms with van der Waals surface area (Å²) in [5.41, 5.74) is 3.10. The van der Waals surface area contributed by atoms with E-state index >= 15 is 0 Å². The van der Waals surface area contributed by atoms with Crippen LogP contribution < -0.4 is 10.2 Å². The first kappa shape index (κ1) is 19.8. The molecule has 0 unspecified atom stereocenters. The molecule has 0 spiro atoms. The standard InChI is InChI=1S/C23H27FN6O/c1-15-5-8-28(14-15)23(31)26-19-13-25-30-9-6-21(27-22(19)30)29-7-3-4-20(29)17-10-16(2)11-18(24)12-17/h6,9-13,15,20H,3-5,7-8,14H2,1-2H3,(H,26,31)/t15-,20+/m0/s1. The van der Waals surface area contributed by atoms with Crippen LogP contribution in [0.2, 0.25) is 0 Å². The molecule has 5 rings (SSSR count). The van der Waals surface area contributed by atoms with Crippen LogP contribution in [0.25, 0.3) is 5.65 Å². The minimum Gasteiger partial charge on any atom is -0.349 e. The summed E-state index contributed by atoms with van der Waals surface area (Å²) in [6.07, 6.45) is 6.49. The van der Waals surface area contributed by atoms with Crippen LogP contribution in [0.5, 0.6) is 0 Å². The number of aryl methyl sites for hydroxylation is 1. The molecule has 162 valence electrons. The van der Waals surface area contributed by atoms with Gasteiger partial charge in [0.05, 0.1) is 12.2 Å². The molecule has 8 heteroatoms. The molecule has 1 N–H and O–H groups in total. The lowest BCUT2D eigenvalue weighted by atomic mass is 10.0. The summed E-state index contributed by atoms with van der Waals surface area (Å²) in [7, 11) is 0. The number of amides is 2. The van der Waals surface area contributed by atoms with Crippen LogP contribution in [-0.4, -0.2) is 45.2 Å². The highest BCUT2D eigenvalue weighted by Gasteiger charge is 2.29. The zero-order valence-corrected chi connectivity index (χ0v) is 17.9. The number of hydrogen-bond donors (Lipinski definition) is 1. The van der Waals surface area contributed by atoms with E-state index in [1.165, 1.54) is 0 Å². The highest BCUT2D eigenvalue weighted by atomic mass is 19.1. The highest BCUT2D eigenvalue weighted by molar-refractivity contribution is 5.93. The Labute approximate surface area is 180 Å². The molecule has 0 saturated carbocycles. The predicted molar refractivity (Wildman–Crippen MR) is 118 cm³/mol. The molecular formula is C23H27FN6O. The van der Waals surface area contributed by atoms with E-state index in [1.54, 1.807) is 22.8 Å². The molecule has 0 bridgehead atoms. The Morgan fingerprint density at radius 1 is 1.23 bits per heavy atom. The fourth-order valence-corrected chi connectivity index (χ4v) is 4.77. The molecule has 7 nitrogen and oxygen atoms in total. The number of aromatic nitrogens is 3. The average Bonchev–Trinajstić information content (AvgIpc) is 3.47. The molecule has 31 heavy (non-hydrogen) atoms. The Bertz CT molecular complexity index is 1110. The van der Waals surface area contributed by atoms with E-state index < -0.39 is 0 Å². The van der Waals surface area contributed by atoms with Gasteiger partial charge in [-0.05, 0) is 61.4 Å². The van der Waals surface area contributed by atoms with Crippen molar-refractivity contribution in [2.75, 3.05) is 29.9 Å². The molecular weight excluding hydrogens is 395 g/mol. The Morgan fingerprint density at radius 3 is 2.87 bits per heavy atom. The van der Waals surface area contributed by atoms with Crippen LogP contribution in [0.1, 0.15) is 43.4 Å². The SMILES string of the molecule is Cc1cc(F)cc([C@H]2CCCN2c2ccn3ncc(NC(=O)N4CC[C@H](C)C4)c3n2)c1. The van der Waals surface area contributed by atoms with Crippen LogP contribution >= 0.6 is 0 Å². The van der Waals surface area contributed by atoms with Crippen molar-refractivity contribution in [3.63, 3.8) is 0 Å². The number of halogens is 1. The fraction of sp³-hybridized carbons (Fsp3) is 0.435. The minimum absolute atomic E-state index is 0.0800. The summed E-state index contributed by atoms with van der Waals surface area (Å²) in [6, 6.07) is 7.12. The number of carbonyl (C=O) groups is 1. The van der Waals surface area contributed by atoms with Crippen LogP contribution in [0.3, 0.4) is 0 Å². The minimum atomic E-state index is -0.206. The van der Waals surface area contributed by atoms with Crippen molar-refractivity contribution in [2.24, 2.45) is 5.92 Å². The van der Waals surface area contributed by atoms with E-state index in [9.17, 15) is 9.18 Å². The second-order valence-corrected chi connectivity index (χ2v) is 8.80. The van der Waals surface area contributed by atoms with Crippen molar-refractivity contribution < 1.29 is 9.18 Å². The van der Waals surface area contributed by atoms with E-state index in [-0.39, 0.29) is 17.9 Å². The van der Waals surface area contributed by atoms with Gasteiger partial charge in [-0.25, -0.2) is 18.7 Å². The summed E-state index contributed by atoms with van der Waals surface area (Å²) in [5.74, 6) is 1.13. The van der Waals surface area contributed by atoms with Gasteiger partial charge in [0.2, 0.25) is 0 Å². The van der Waals surface area contributed by atoms with Crippen molar-refractivity contribution in [1.82, 2.24) is 19.5 Å². The fourth-order valence-electron chi connectivity index (χ4n) is 4.77. The number of carbonyl (C=O) groups excluding carboxylic acids is 1. The Balaban J connectivity index is 1.42. The molecule has 0 radical (unpaired) electrons. The lowest BCUT2D eigenvalue weighted by Crippen LogP contribution is -2.32. The van der Waals surface area contributed by atoms with Crippen LogP contribution in [0.15, 0.2) is 36.7 Å². The van der Waals surface area contributed by atoms with Crippen molar-refractivity contribution in [2.45, 2.75) is 39.2 Å². The van der Waals surface area contributed by atoms with Gasteiger partial charge in [-0.1, -0.05) is 13.0 Å². The first-order valence-corrected chi connectivity index (χ1v) is 10.9. The largest absolute Gasteiger partial charge is 0.349 e.